The van der Waals surface area contributed by atoms with E-state index >= 15 is 0 Å². The largest absolute Gasteiger partial charge is 0.497 e. The van der Waals surface area contributed by atoms with Crippen molar-refractivity contribution in [1.29, 1.82) is 0 Å². The molecule has 9 heteroatoms. The summed E-state index contributed by atoms with van der Waals surface area (Å²) in [5.41, 5.74) is 0.268. The number of benzene rings is 1. The lowest BCUT2D eigenvalue weighted by molar-refractivity contribution is -0.385. The van der Waals surface area contributed by atoms with Crippen molar-refractivity contribution in [3.8, 4) is 11.5 Å². The molecular formula is C17H19N3O6. The molecule has 138 valence electrons. The van der Waals surface area contributed by atoms with Gasteiger partial charge in [0.1, 0.15) is 23.5 Å². The number of rotatable bonds is 9. The minimum atomic E-state index is -0.510. The van der Waals surface area contributed by atoms with Gasteiger partial charge in [-0.1, -0.05) is 0 Å². The Balaban J connectivity index is 1.77. The van der Waals surface area contributed by atoms with Crippen molar-refractivity contribution in [3.05, 3.63) is 52.2 Å². The molecule has 0 aliphatic rings. The second-order valence-corrected chi connectivity index (χ2v) is 5.18. The number of ether oxygens (including phenoxy) is 3. The van der Waals surface area contributed by atoms with E-state index < -0.39 is 10.9 Å². The zero-order valence-corrected chi connectivity index (χ0v) is 14.4. The highest BCUT2D eigenvalue weighted by molar-refractivity contribution is 5.90. The van der Waals surface area contributed by atoms with Gasteiger partial charge in [-0.2, -0.15) is 0 Å². The maximum absolute atomic E-state index is 12.1. The van der Waals surface area contributed by atoms with Crippen LogP contribution in [0.4, 0.5) is 11.5 Å². The number of carbonyl (C=O) groups is 1. The minimum Gasteiger partial charge on any atom is -0.497 e. The summed E-state index contributed by atoms with van der Waals surface area (Å²) in [6.07, 6.45) is 1.73. The zero-order valence-electron chi connectivity index (χ0n) is 14.4. The average molecular weight is 361 g/mol. The summed E-state index contributed by atoms with van der Waals surface area (Å²) in [5.74, 6) is 1.04. The van der Waals surface area contributed by atoms with Crippen LogP contribution in [0.3, 0.4) is 0 Å². The predicted molar refractivity (Wildman–Crippen MR) is 93.8 cm³/mol. The number of hydrogen-bond acceptors (Lipinski definition) is 8. The maximum atomic E-state index is 12.1. The summed E-state index contributed by atoms with van der Waals surface area (Å²) in [6, 6.07) is 7.70. The van der Waals surface area contributed by atoms with Crippen molar-refractivity contribution in [2.75, 3.05) is 32.7 Å². The summed E-state index contributed by atoms with van der Waals surface area (Å²) in [5, 5.41) is 13.5. The number of esters is 1. The van der Waals surface area contributed by atoms with Crippen LogP contribution in [0.5, 0.6) is 11.5 Å². The first kappa shape index (κ1) is 19.0. The number of methoxy groups -OCH3 is 2. The second-order valence-electron chi connectivity index (χ2n) is 5.18. The van der Waals surface area contributed by atoms with Gasteiger partial charge in [0.2, 0.25) is 0 Å². The molecule has 9 nitrogen and oxygen atoms in total. The molecular weight excluding hydrogens is 342 g/mol. The number of carbonyl (C=O) groups excluding carboxylic acids is 1. The number of pyridine rings is 1. The monoisotopic (exact) mass is 361 g/mol. The lowest BCUT2D eigenvalue weighted by atomic mass is 10.2. The molecule has 1 N–H and O–H groups in total. The Bertz CT molecular complexity index is 741. The highest BCUT2D eigenvalue weighted by atomic mass is 16.6. The quantitative estimate of drug-likeness (QED) is 0.314. The standard InChI is InChI=1S/C17H19N3O6/c1-24-14-8-12(9-15(10-14)25-2)17(21)26-7-3-6-18-16-5-4-13(11-19-16)20(22)23/h4-5,8-11H,3,6-7H2,1-2H3,(H,18,19). The van der Waals surface area contributed by atoms with Crippen molar-refractivity contribution in [2.24, 2.45) is 0 Å². The van der Waals surface area contributed by atoms with Crippen LogP contribution < -0.4 is 14.8 Å². The molecule has 0 spiro atoms. The van der Waals surface area contributed by atoms with Crippen molar-refractivity contribution in [3.63, 3.8) is 0 Å². The summed E-state index contributed by atoms with van der Waals surface area (Å²) >= 11 is 0. The smallest absolute Gasteiger partial charge is 0.338 e. The molecule has 26 heavy (non-hydrogen) atoms. The van der Waals surface area contributed by atoms with Crippen LogP contribution in [0.15, 0.2) is 36.5 Å². The van der Waals surface area contributed by atoms with Gasteiger partial charge in [-0.25, -0.2) is 9.78 Å². The van der Waals surface area contributed by atoms with Gasteiger partial charge in [-0.3, -0.25) is 10.1 Å². The number of nitrogens with zero attached hydrogens (tertiary/aromatic N) is 2. The van der Waals surface area contributed by atoms with E-state index in [0.29, 0.717) is 35.8 Å². The Kier molecular flexibility index (Phi) is 6.72. The van der Waals surface area contributed by atoms with Gasteiger partial charge in [0.05, 0.1) is 31.3 Å². The van der Waals surface area contributed by atoms with E-state index in [-0.39, 0.29) is 12.3 Å². The van der Waals surface area contributed by atoms with Gasteiger partial charge in [-0.15, -0.1) is 0 Å². The minimum absolute atomic E-state index is 0.0711. The van der Waals surface area contributed by atoms with Crippen LogP contribution in [0.1, 0.15) is 16.8 Å². The number of hydrogen-bond donors (Lipinski definition) is 1. The fourth-order valence-corrected chi connectivity index (χ4v) is 2.06. The second kappa shape index (κ2) is 9.21. The van der Waals surface area contributed by atoms with E-state index in [1.165, 1.54) is 32.5 Å². The molecule has 0 bridgehead atoms. The predicted octanol–water partition coefficient (Wildman–Crippen LogP) is 2.67. The number of nitrogens with one attached hydrogen (secondary N) is 1. The first-order valence-electron chi connectivity index (χ1n) is 7.78. The summed E-state index contributed by atoms with van der Waals surface area (Å²) in [4.78, 5) is 26.1. The normalized spacial score (nSPS) is 10.1. The highest BCUT2D eigenvalue weighted by Crippen LogP contribution is 2.23. The van der Waals surface area contributed by atoms with Gasteiger partial charge in [0.25, 0.3) is 5.69 Å². The Morgan fingerprint density at radius 3 is 2.42 bits per heavy atom. The average Bonchev–Trinajstić information content (AvgIpc) is 2.67. The van der Waals surface area contributed by atoms with Crippen molar-refractivity contribution < 1.29 is 23.9 Å². The Labute approximate surface area is 150 Å². The molecule has 0 aliphatic carbocycles. The molecule has 2 rings (SSSR count). The SMILES string of the molecule is COc1cc(OC)cc(C(=O)OCCCNc2ccc([N+](=O)[O-])cn2)c1. The molecule has 1 aromatic heterocycles. The molecule has 0 amide bonds. The third-order valence-electron chi connectivity index (χ3n) is 3.41. The number of nitro groups is 1. The van der Waals surface area contributed by atoms with Gasteiger partial charge in [-0.05, 0) is 24.6 Å². The van der Waals surface area contributed by atoms with Crippen molar-refractivity contribution in [1.82, 2.24) is 4.98 Å². The van der Waals surface area contributed by atoms with Crippen LogP contribution in [0, 0.1) is 10.1 Å². The van der Waals surface area contributed by atoms with E-state index in [1.54, 1.807) is 18.2 Å². The van der Waals surface area contributed by atoms with Crippen LogP contribution in [0.2, 0.25) is 0 Å². The van der Waals surface area contributed by atoms with E-state index in [1.807, 2.05) is 0 Å². The first-order valence-corrected chi connectivity index (χ1v) is 7.78. The van der Waals surface area contributed by atoms with Gasteiger partial charge < -0.3 is 19.5 Å². The van der Waals surface area contributed by atoms with E-state index in [0.717, 1.165) is 0 Å². The summed E-state index contributed by atoms with van der Waals surface area (Å²) in [6.45, 7) is 0.706. The summed E-state index contributed by atoms with van der Waals surface area (Å²) in [7, 11) is 3.00. The third-order valence-corrected chi connectivity index (χ3v) is 3.41. The van der Waals surface area contributed by atoms with Crippen LogP contribution in [-0.4, -0.2) is 43.2 Å². The van der Waals surface area contributed by atoms with Crippen LogP contribution in [-0.2, 0) is 4.74 Å². The fourth-order valence-electron chi connectivity index (χ4n) is 2.06. The van der Waals surface area contributed by atoms with E-state index in [4.69, 9.17) is 14.2 Å². The van der Waals surface area contributed by atoms with E-state index in [9.17, 15) is 14.9 Å². The van der Waals surface area contributed by atoms with Crippen molar-refractivity contribution in [2.45, 2.75) is 6.42 Å². The Morgan fingerprint density at radius 2 is 1.88 bits per heavy atom. The first-order chi connectivity index (χ1) is 12.5. The Hall–Kier alpha value is -3.36. The molecule has 0 aliphatic heterocycles. The molecule has 1 heterocycles. The molecule has 2 aromatic rings. The van der Waals surface area contributed by atoms with Gasteiger partial charge in [0, 0.05) is 18.7 Å². The Morgan fingerprint density at radius 1 is 1.19 bits per heavy atom. The van der Waals surface area contributed by atoms with Gasteiger partial charge >= 0.3 is 5.97 Å². The summed E-state index contributed by atoms with van der Waals surface area (Å²) < 4.78 is 15.4. The molecule has 0 atom stereocenters. The molecule has 0 saturated heterocycles. The number of anilines is 1. The van der Waals surface area contributed by atoms with Crippen LogP contribution in [0.25, 0.3) is 0 Å². The maximum Gasteiger partial charge on any atom is 0.338 e. The molecule has 0 fully saturated rings. The fraction of sp³-hybridized carbons (Fsp3) is 0.294. The lowest BCUT2D eigenvalue weighted by Gasteiger charge is -2.09. The zero-order chi connectivity index (χ0) is 18.9. The van der Waals surface area contributed by atoms with E-state index in [2.05, 4.69) is 10.3 Å². The molecule has 0 radical (unpaired) electrons. The molecule has 0 unspecified atom stereocenters. The topological polar surface area (TPSA) is 113 Å². The molecule has 0 saturated carbocycles. The van der Waals surface area contributed by atoms with Crippen LogP contribution >= 0.6 is 0 Å². The third kappa shape index (κ3) is 5.33. The van der Waals surface area contributed by atoms with Gasteiger partial charge in [0.15, 0.2) is 0 Å². The lowest BCUT2D eigenvalue weighted by Crippen LogP contribution is -2.11. The van der Waals surface area contributed by atoms with Crippen molar-refractivity contribution >= 4 is 17.5 Å². The molecule has 1 aromatic carbocycles. The highest BCUT2D eigenvalue weighted by Gasteiger charge is 2.11. The number of aromatic nitrogens is 1.